The Morgan fingerprint density at radius 2 is 1.96 bits per heavy atom. The van der Waals surface area contributed by atoms with Crippen LogP contribution in [0.25, 0.3) is 0 Å². The topological polar surface area (TPSA) is 47.6 Å². The molecule has 144 valence electrons. The second kappa shape index (κ2) is 7.26. The summed E-state index contributed by atoms with van der Waals surface area (Å²) in [7, 11) is 0. The first-order valence-corrected chi connectivity index (χ1v) is 9.49. The molecule has 0 saturated carbocycles. The number of hydrogen-bond acceptors (Lipinski definition) is 3. The molecular weight excluding hydrogens is 338 g/mol. The van der Waals surface area contributed by atoms with Gasteiger partial charge >= 0.3 is 0 Å². The van der Waals surface area contributed by atoms with E-state index < -0.39 is 6.10 Å². The number of fused-ring (bicyclic) bond motifs is 1. The highest BCUT2D eigenvalue weighted by atomic mass is 16.5. The lowest BCUT2D eigenvalue weighted by molar-refractivity contribution is -0.128. The number of carbonyl (C=O) groups is 1. The van der Waals surface area contributed by atoms with E-state index in [2.05, 4.69) is 11.4 Å². The molecule has 1 amide bonds. The molecule has 27 heavy (non-hydrogen) atoms. The summed E-state index contributed by atoms with van der Waals surface area (Å²) in [4.78, 5) is 12.8. The minimum Gasteiger partial charge on any atom is -0.487 e. The molecule has 2 aromatic rings. The summed E-state index contributed by atoms with van der Waals surface area (Å²) in [6.07, 6.45) is 0.135. The van der Waals surface area contributed by atoms with Gasteiger partial charge in [0.05, 0.1) is 6.04 Å². The largest absolute Gasteiger partial charge is 0.487 e. The van der Waals surface area contributed by atoms with E-state index in [0.717, 1.165) is 33.8 Å². The van der Waals surface area contributed by atoms with E-state index in [-0.39, 0.29) is 17.6 Å². The quantitative estimate of drug-likeness (QED) is 0.844. The molecule has 0 saturated heterocycles. The number of nitrogens with one attached hydrogen (secondary N) is 1. The van der Waals surface area contributed by atoms with Gasteiger partial charge in [0.15, 0.2) is 6.10 Å². The van der Waals surface area contributed by atoms with Crippen molar-refractivity contribution in [2.45, 2.75) is 65.7 Å². The van der Waals surface area contributed by atoms with Crippen molar-refractivity contribution in [3.05, 3.63) is 58.7 Å². The molecular formula is C23H29NO3. The van der Waals surface area contributed by atoms with Crippen LogP contribution >= 0.6 is 0 Å². The third-order valence-electron chi connectivity index (χ3n) is 5.17. The molecule has 0 spiro atoms. The summed E-state index contributed by atoms with van der Waals surface area (Å²) in [5, 5.41) is 3.16. The van der Waals surface area contributed by atoms with Gasteiger partial charge in [0, 0.05) is 12.0 Å². The lowest BCUT2D eigenvalue weighted by atomic mass is 9.89. The smallest absolute Gasteiger partial charge is 0.261 e. The standard InChI is InChI=1S/C23H29NO3/c1-14-10-11-18-19(13-23(5,6)27-21(18)12-14)24-22(25)17(4)26-20-9-7-8-15(2)16(20)3/h7-12,17,19H,13H2,1-6H3,(H,24,25)/t17-,19-/m1/s1. The normalized spacial score (nSPS) is 18.8. The Morgan fingerprint density at radius 3 is 2.70 bits per heavy atom. The van der Waals surface area contributed by atoms with Crippen molar-refractivity contribution < 1.29 is 14.3 Å². The van der Waals surface area contributed by atoms with Gasteiger partial charge in [-0.1, -0.05) is 24.3 Å². The predicted molar refractivity (Wildman–Crippen MR) is 107 cm³/mol. The monoisotopic (exact) mass is 367 g/mol. The Bertz CT molecular complexity index is 857. The zero-order valence-electron chi connectivity index (χ0n) is 17.1. The Morgan fingerprint density at radius 1 is 1.22 bits per heavy atom. The van der Waals surface area contributed by atoms with Crippen molar-refractivity contribution in [1.29, 1.82) is 0 Å². The van der Waals surface area contributed by atoms with Crippen LogP contribution in [0.15, 0.2) is 36.4 Å². The van der Waals surface area contributed by atoms with E-state index >= 15 is 0 Å². The number of rotatable bonds is 4. The first-order valence-electron chi connectivity index (χ1n) is 9.49. The molecule has 0 aliphatic carbocycles. The summed E-state index contributed by atoms with van der Waals surface area (Å²) in [5.41, 5.74) is 4.03. The molecule has 2 atom stereocenters. The van der Waals surface area contributed by atoms with Crippen LogP contribution in [0.2, 0.25) is 0 Å². The fraction of sp³-hybridized carbons (Fsp3) is 0.435. The van der Waals surface area contributed by atoms with Crippen molar-refractivity contribution in [1.82, 2.24) is 5.32 Å². The van der Waals surface area contributed by atoms with Crippen LogP contribution in [-0.2, 0) is 4.79 Å². The molecule has 0 aromatic heterocycles. The van der Waals surface area contributed by atoms with Gasteiger partial charge in [-0.2, -0.15) is 0 Å². The summed E-state index contributed by atoms with van der Waals surface area (Å²) >= 11 is 0. The lowest BCUT2D eigenvalue weighted by Crippen LogP contribution is -2.44. The molecule has 4 nitrogen and oxygen atoms in total. The molecule has 1 aliphatic heterocycles. The summed E-state index contributed by atoms with van der Waals surface area (Å²) in [6, 6.07) is 11.9. The Balaban J connectivity index is 1.76. The van der Waals surface area contributed by atoms with Crippen LogP contribution in [0.3, 0.4) is 0 Å². The maximum Gasteiger partial charge on any atom is 0.261 e. The van der Waals surface area contributed by atoms with Gasteiger partial charge in [-0.3, -0.25) is 4.79 Å². The van der Waals surface area contributed by atoms with E-state index in [4.69, 9.17) is 9.47 Å². The van der Waals surface area contributed by atoms with Crippen LogP contribution in [0.1, 0.15) is 55.5 Å². The van der Waals surface area contributed by atoms with E-state index in [1.165, 1.54) is 0 Å². The average molecular weight is 367 g/mol. The van der Waals surface area contributed by atoms with E-state index in [1.54, 1.807) is 6.92 Å². The maximum absolute atomic E-state index is 12.8. The summed E-state index contributed by atoms with van der Waals surface area (Å²) < 4.78 is 12.1. The van der Waals surface area contributed by atoms with Gasteiger partial charge in [-0.15, -0.1) is 0 Å². The average Bonchev–Trinajstić information content (AvgIpc) is 2.57. The predicted octanol–water partition coefficient (Wildman–Crippen LogP) is 4.80. The molecule has 0 unspecified atom stereocenters. The third-order valence-corrected chi connectivity index (χ3v) is 5.17. The van der Waals surface area contributed by atoms with Crippen molar-refractivity contribution in [2.24, 2.45) is 0 Å². The van der Waals surface area contributed by atoms with Crippen LogP contribution in [-0.4, -0.2) is 17.6 Å². The van der Waals surface area contributed by atoms with Crippen LogP contribution in [0.5, 0.6) is 11.5 Å². The molecule has 0 bridgehead atoms. The number of aryl methyl sites for hydroxylation is 2. The number of hydrogen-bond donors (Lipinski definition) is 1. The van der Waals surface area contributed by atoms with Crippen molar-refractivity contribution in [3.8, 4) is 11.5 Å². The van der Waals surface area contributed by atoms with Gasteiger partial charge in [-0.25, -0.2) is 0 Å². The van der Waals surface area contributed by atoms with Crippen LogP contribution < -0.4 is 14.8 Å². The lowest BCUT2D eigenvalue weighted by Gasteiger charge is -2.38. The van der Waals surface area contributed by atoms with Crippen molar-refractivity contribution >= 4 is 5.91 Å². The maximum atomic E-state index is 12.8. The van der Waals surface area contributed by atoms with E-state index in [0.29, 0.717) is 6.42 Å². The first-order chi connectivity index (χ1) is 12.7. The molecule has 0 fully saturated rings. The number of ether oxygens (including phenoxy) is 2. The Labute approximate surface area is 161 Å². The second-order valence-electron chi connectivity index (χ2n) is 8.13. The highest BCUT2D eigenvalue weighted by molar-refractivity contribution is 5.81. The Kier molecular flexibility index (Phi) is 5.18. The van der Waals surface area contributed by atoms with Gasteiger partial charge in [0.2, 0.25) is 0 Å². The zero-order chi connectivity index (χ0) is 19.8. The molecule has 4 heteroatoms. The number of amides is 1. The van der Waals surface area contributed by atoms with Crippen LogP contribution in [0, 0.1) is 20.8 Å². The molecule has 0 radical (unpaired) electrons. The van der Waals surface area contributed by atoms with Crippen LogP contribution in [0.4, 0.5) is 0 Å². The summed E-state index contributed by atoms with van der Waals surface area (Å²) in [6.45, 7) is 12.0. The molecule has 1 heterocycles. The van der Waals surface area contributed by atoms with E-state index in [1.807, 2.05) is 65.0 Å². The van der Waals surface area contributed by atoms with Crippen molar-refractivity contribution in [2.75, 3.05) is 0 Å². The minimum atomic E-state index is -0.578. The molecule has 3 rings (SSSR count). The molecule has 1 N–H and O–H groups in total. The van der Waals surface area contributed by atoms with E-state index in [9.17, 15) is 4.79 Å². The fourth-order valence-corrected chi connectivity index (χ4v) is 3.47. The first kappa shape index (κ1) is 19.3. The SMILES string of the molecule is Cc1ccc2c(c1)OC(C)(C)C[C@H]2NC(=O)[C@@H](C)Oc1cccc(C)c1C. The fourth-order valence-electron chi connectivity index (χ4n) is 3.47. The number of carbonyl (C=O) groups excluding carboxylic acids is 1. The Hall–Kier alpha value is -2.49. The molecule has 2 aromatic carbocycles. The number of benzene rings is 2. The van der Waals surface area contributed by atoms with Gasteiger partial charge in [0.25, 0.3) is 5.91 Å². The summed E-state index contributed by atoms with van der Waals surface area (Å²) in [5.74, 6) is 1.48. The minimum absolute atomic E-state index is 0.0958. The van der Waals surface area contributed by atoms with Gasteiger partial charge in [0.1, 0.15) is 17.1 Å². The van der Waals surface area contributed by atoms with Gasteiger partial charge < -0.3 is 14.8 Å². The second-order valence-corrected chi connectivity index (χ2v) is 8.13. The molecule has 1 aliphatic rings. The highest BCUT2D eigenvalue weighted by Gasteiger charge is 2.35. The van der Waals surface area contributed by atoms with Gasteiger partial charge in [-0.05, 0) is 70.4 Å². The van der Waals surface area contributed by atoms with Crippen molar-refractivity contribution in [3.63, 3.8) is 0 Å². The third kappa shape index (κ3) is 4.26. The highest BCUT2D eigenvalue weighted by Crippen LogP contribution is 2.40. The zero-order valence-corrected chi connectivity index (χ0v) is 17.1.